The Kier molecular flexibility index (Phi) is 4.32. The van der Waals surface area contributed by atoms with Gasteiger partial charge in [0.25, 0.3) is 0 Å². The van der Waals surface area contributed by atoms with Gasteiger partial charge < -0.3 is 9.47 Å². The molecule has 0 unspecified atom stereocenters. The highest BCUT2D eigenvalue weighted by Gasteiger charge is 2.20. The summed E-state index contributed by atoms with van der Waals surface area (Å²) in [5, 5.41) is 0. The van der Waals surface area contributed by atoms with Crippen LogP contribution < -0.4 is 4.74 Å². The topological polar surface area (TPSA) is 35.5 Å². The van der Waals surface area contributed by atoms with E-state index in [4.69, 9.17) is 4.74 Å². The highest BCUT2D eigenvalue weighted by atomic mass is 127. The standard InChI is InChI=1S/C9H7BrFIO3/c1-14-8-6(10)5(11)3-4(7(8)12)9(13)15-2/h3H,1-2H3. The number of benzene rings is 1. The van der Waals surface area contributed by atoms with E-state index >= 15 is 0 Å². The van der Waals surface area contributed by atoms with E-state index in [2.05, 4.69) is 20.7 Å². The van der Waals surface area contributed by atoms with E-state index in [1.165, 1.54) is 14.2 Å². The van der Waals surface area contributed by atoms with E-state index in [1.807, 2.05) is 22.6 Å². The molecule has 6 heteroatoms. The largest absolute Gasteiger partial charge is 0.494 e. The Morgan fingerprint density at radius 2 is 2.13 bits per heavy atom. The van der Waals surface area contributed by atoms with Crippen LogP contribution in [0.3, 0.4) is 0 Å². The van der Waals surface area contributed by atoms with Gasteiger partial charge in [-0.25, -0.2) is 9.18 Å². The van der Waals surface area contributed by atoms with Crippen molar-refractivity contribution in [3.63, 3.8) is 0 Å². The molecule has 0 bridgehead atoms. The summed E-state index contributed by atoms with van der Waals surface area (Å²) < 4.78 is 23.6. The molecule has 0 amide bonds. The van der Waals surface area contributed by atoms with Crippen molar-refractivity contribution in [3.05, 3.63) is 25.5 Å². The van der Waals surface area contributed by atoms with E-state index in [0.717, 1.165) is 6.07 Å². The third kappa shape index (κ3) is 2.41. The maximum atomic E-state index is 13.4. The first-order chi connectivity index (χ1) is 7.02. The molecule has 82 valence electrons. The van der Waals surface area contributed by atoms with Crippen molar-refractivity contribution in [2.45, 2.75) is 0 Å². The minimum Gasteiger partial charge on any atom is -0.494 e. The van der Waals surface area contributed by atoms with Crippen molar-refractivity contribution in [1.29, 1.82) is 0 Å². The monoisotopic (exact) mass is 388 g/mol. The van der Waals surface area contributed by atoms with Crippen molar-refractivity contribution < 1.29 is 18.7 Å². The van der Waals surface area contributed by atoms with Gasteiger partial charge in [-0.2, -0.15) is 0 Å². The van der Waals surface area contributed by atoms with Crippen molar-refractivity contribution >= 4 is 44.5 Å². The Morgan fingerprint density at radius 1 is 1.53 bits per heavy atom. The number of ether oxygens (including phenoxy) is 2. The van der Waals surface area contributed by atoms with Crippen LogP contribution in [0.1, 0.15) is 10.4 Å². The number of rotatable bonds is 2. The highest BCUT2D eigenvalue weighted by Crippen LogP contribution is 2.35. The third-order valence-corrected chi connectivity index (χ3v) is 3.54. The van der Waals surface area contributed by atoms with Gasteiger partial charge in [0, 0.05) is 0 Å². The molecule has 0 radical (unpaired) electrons. The van der Waals surface area contributed by atoms with Gasteiger partial charge in [-0.15, -0.1) is 0 Å². The average molecular weight is 389 g/mol. The first-order valence-electron chi connectivity index (χ1n) is 3.82. The van der Waals surface area contributed by atoms with Crippen LogP contribution in [0.4, 0.5) is 4.39 Å². The van der Waals surface area contributed by atoms with Crippen LogP contribution in [0.2, 0.25) is 0 Å². The summed E-state index contributed by atoms with van der Waals surface area (Å²) in [7, 11) is 2.65. The Bertz CT molecular complexity index is 409. The summed E-state index contributed by atoms with van der Waals surface area (Å²) >= 11 is 4.94. The van der Waals surface area contributed by atoms with E-state index in [-0.39, 0.29) is 15.8 Å². The molecular weight excluding hydrogens is 382 g/mol. The molecule has 0 aromatic heterocycles. The first kappa shape index (κ1) is 12.7. The maximum Gasteiger partial charge on any atom is 0.339 e. The van der Waals surface area contributed by atoms with Gasteiger partial charge in [-0.3, -0.25) is 0 Å². The van der Waals surface area contributed by atoms with Gasteiger partial charge in [0.15, 0.2) is 0 Å². The number of carbonyl (C=O) groups excluding carboxylic acids is 1. The Labute approximate surface area is 108 Å². The minimum absolute atomic E-state index is 0.149. The molecule has 0 fully saturated rings. The molecular formula is C9H7BrFIO3. The van der Waals surface area contributed by atoms with Gasteiger partial charge in [0.1, 0.15) is 11.6 Å². The van der Waals surface area contributed by atoms with Crippen LogP contribution >= 0.6 is 38.5 Å². The zero-order valence-electron chi connectivity index (χ0n) is 7.94. The fourth-order valence-electron chi connectivity index (χ4n) is 1.02. The summed E-state index contributed by atoms with van der Waals surface area (Å²) in [5.41, 5.74) is 0.149. The van der Waals surface area contributed by atoms with Gasteiger partial charge in [0.2, 0.25) is 0 Å². The average Bonchev–Trinajstić information content (AvgIpc) is 2.23. The van der Waals surface area contributed by atoms with E-state index in [0.29, 0.717) is 3.57 Å². The molecule has 0 aliphatic carbocycles. The molecule has 3 nitrogen and oxygen atoms in total. The lowest BCUT2D eigenvalue weighted by atomic mass is 10.2. The second-order valence-electron chi connectivity index (χ2n) is 2.56. The molecule has 0 spiro atoms. The molecule has 0 N–H and O–H groups in total. The fourth-order valence-corrected chi connectivity index (χ4v) is 2.73. The molecule has 15 heavy (non-hydrogen) atoms. The lowest BCUT2D eigenvalue weighted by molar-refractivity contribution is 0.0598. The Balaban J connectivity index is 3.43. The van der Waals surface area contributed by atoms with Gasteiger partial charge in [-0.1, -0.05) is 0 Å². The van der Waals surface area contributed by atoms with Crippen molar-refractivity contribution in [2.24, 2.45) is 0 Å². The van der Waals surface area contributed by atoms with Gasteiger partial charge in [-0.05, 0) is 44.6 Å². The van der Waals surface area contributed by atoms with Crippen LogP contribution in [-0.2, 0) is 4.74 Å². The molecule has 1 aromatic carbocycles. The SMILES string of the molecule is COC(=O)c1cc(F)c(Br)c(OC)c1I. The van der Waals surface area contributed by atoms with Crippen LogP contribution in [0.25, 0.3) is 0 Å². The number of hydrogen-bond acceptors (Lipinski definition) is 3. The number of hydrogen-bond donors (Lipinski definition) is 0. The van der Waals surface area contributed by atoms with Crippen LogP contribution in [0, 0.1) is 9.39 Å². The Hall–Kier alpha value is -0.370. The minimum atomic E-state index is -0.593. The number of carbonyl (C=O) groups is 1. The lowest BCUT2D eigenvalue weighted by Crippen LogP contribution is -2.06. The lowest BCUT2D eigenvalue weighted by Gasteiger charge is -2.10. The molecule has 0 atom stereocenters. The zero-order chi connectivity index (χ0) is 11.6. The van der Waals surface area contributed by atoms with Crippen molar-refractivity contribution in [2.75, 3.05) is 14.2 Å². The summed E-state index contributed by atoms with van der Waals surface area (Å²) in [5.74, 6) is -0.868. The molecule has 0 saturated heterocycles. The van der Waals surface area contributed by atoms with E-state index in [1.54, 1.807) is 0 Å². The fraction of sp³-hybridized carbons (Fsp3) is 0.222. The number of esters is 1. The van der Waals surface area contributed by atoms with Crippen LogP contribution in [0.5, 0.6) is 5.75 Å². The molecule has 0 saturated carbocycles. The predicted molar refractivity (Wildman–Crippen MR) is 64.7 cm³/mol. The molecule has 0 aliphatic rings. The van der Waals surface area contributed by atoms with Gasteiger partial charge in [0.05, 0.1) is 27.8 Å². The second-order valence-corrected chi connectivity index (χ2v) is 4.43. The summed E-state index contributed by atoms with van der Waals surface area (Å²) in [6, 6.07) is 1.11. The van der Waals surface area contributed by atoms with Crippen molar-refractivity contribution in [1.82, 2.24) is 0 Å². The van der Waals surface area contributed by atoms with Crippen LogP contribution in [0.15, 0.2) is 10.5 Å². The van der Waals surface area contributed by atoms with E-state index in [9.17, 15) is 9.18 Å². The third-order valence-electron chi connectivity index (χ3n) is 1.73. The Morgan fingerprint density at radius 3 is 2.60 bits per heavy atom. The second kappa shape index (κ2) is 5.11. The van der Waals surface area contributed by atoms with E-state index < -0.39 is 11.8 Å². The summed E-state index contributed by atoms with van der Waals surface area (Å²) in [4.78, 5) is 11.3. The highest BCUT2D eigenvalue weighted by molar-refractivity contribution is 14.1. The normalized spacial score (nSPS) is 9.93. The first-order valence-corrected chi connectivity index (χ1v) is 5.69. The smallest absolute Gasteiger partial charge is 0.339 e. The predicted octanol–water partition coefficient (Wildman–Crippen LogP) is 2.99. The zero-order valence-corrected chi connectivity index (χ0v) is 11.7. The maximum absolute atomic E-state index is 13.4. The summed E-state index contributed by atoms with van der Waals surface area (Å²) in [6.07, 6.45) is 0. The molecule has 1 aromatic rings. The summed E-state index contributed by atoms with van der Waals surface area (Å²) in [6.45, 7) is 0. The van der Waals surface area contributed by atoms with Crippen molar-refractivity contribution in [3.8, 4) is 5.75 Å². The van der Waals surface area contributed by atoms with Gasteiger partial charge >= 0.3 is 5.97 Å². The number of halogens is 3. The molecule has 0 heterocycles. The number of methoxy groups -OCH3 is 2. The molecule has 0 aliphatic heterocycles. The molecule has 1 rings (SSSR count). The van der Waals surface area contributed by atoms with Crippen LogP contribution in [-0.4, -0.2) is 20.2 Å². The quantitative estimate of drug-likeness (QED) is 0.444.